The first kappa shape index (κ1) is 21.3. The lowest BCUT2D eigenvalue weighted by Gasteiger charge is -2.15. The molecule has 0 bridgehead atoms. The molecule has 1 atom stereocenters. The summed E-state index contributed by atoms with van der Waals surface area (Å²) < 4.78 is 5.70. The molecule has 0 radical (unpaired) electrons. The van der Waals surface area contributed by atoms with Crippen LogP contribution in [0.1, 0.15) is 38.7 Å². The molecule has 0 aliphatic carbocycles. The quantitative estimate of drug-likeness (QED) is 0.351. The van der Waals surface area contributed by atoms with Crippen molar-refractivity contribution >= 4 is 41.7 Å². The SMILES string of the molecule is CCCOc1ncccc1CN=C(NCC)NCC1CCCS1.I. The third-order valence-corrected chi connectivity index (χ3v) is 4.96. The number of nitrogens with zero attached hydrogens (tertiary/aromatic N) is 2. The van der Waals surface area contributed by atoms with E-state index in [1.165, 1.54) is 18.6 Å². The van der Waals surface area contributed by atoms with Gasteiger partial charge < -0.3 is 15.4 Å². The van der Waals surface area contributed by atoms with Crippen LogP contribution in [0.4, 0.5) is 0 Å². The van der Waals surface area contributed by atoms with Crippen LogP contribution in [0, 0.1) is 0 Å². The number of nitrogens with one attached hydrogen (secondary N) is 2. The van der Waals surface area contributed by atoms with Gasteiger partial charge in [-0.2, -0.15) is 11.8 Å². The fourth-order valence-electron chi connectivity index (χ4n) is 2.39. The Morgan fingerprint density at radius 2 is 2.29 bits per heavy atom. The number of ether oxygens (including phenoxy) is 1. The van der Waals surface area contributed by atoms with Crippen LogP contribution in [0.2, 0.25) is 0 Å². The number of aliphatic imine (C=N–C) groups is 1. The summed E-state index contributed by atoms with van der Waals surface area (Å²) in [5.41, 5.74) is 1.02. The number of thioether (sulfide) groups is 1. The van der Waals surface area contributed by atoms with Gasteiger partial charge in [0.15, 0.2) is 5.96 Å². The van der Waals surface area contributed by atoms with Crippen LogP contribution in [-0.2, 0) is 6.54 Å². The Hall–Kier alpha value is -0.700. The molecule has 1 aliphatic heterocycles. The van der Waals surface area contributed by atoms with Gasteiger partial charge in [0.2, 0.25) is 5.88 Å². The van der Waals surface area contributed by atoms with Crippen LogP contribution in [0.5, 0.6) is 5.88 Å². The first-order valence-electron chi connectivity index (χ1n) is 8.54. The van der Waals surface area contributed by atoms with Gasteiger partial charge in [-0.15, -0.1) is 24.0 Å². The van der Waals surface area contributed by atoms with E-state index in [1.54, 1.807) is 6.20 Å². The highest BCUT2D eigenvalue weighted by Gasteiger charge is 2.15. The molecule has 5 nitrogen and oxygen atoms in total. The molecule has 0 saturated carbocycles. The number of pyridine rings is 1. The van der Waals surface area contributed by atoms with Crippen LogP contribution >= 0.6 is 35.7 Å². The first-order valence-corrected chi connectivity index (χ1v) is 9.58. The lowest BCUT2D eigenvalue weighted by atomic mass is 10.2. The monoisotopic (exact) mass is 464 g/mol. The molecule has 2 rings (SSSR count). The second-order valence-electron chi connectivity index (χ2n) is 5.53. The van der Waals surface area contributed by atoms with Gasteiger partial charge in [0.25, 0.3) is 0 Å². The van der Waals surface area contributed by atoms with E-state index >= 15 is 0 Å². The van der Waals surface area contributed by atoms with E-state index in [-0.39, 0.29) is 24.0 Å². The number of rotatable bonds is 8. The van der Waals surface area contributed by atoms with Gasteiger partial charge in [-0.25, -0.2) is 9.98 Å². The Balaban J connectivity index is 0.00000288. The minimum absolute atomic E-state index is 0. The summed E-state index contributed by atoms with van der Waals surface area (Å²) in [5.74, 6) is 2.85. The van der Waals surface area contributed by atoms with Crippen molar-refractivity contribution in [1.82, 2.24) is 15.6 Å². The van der Waals surface area contributed by atoms with Gasteiger partial charge in [0, 0.05) is 30.1 Å². The zero-order valence-electron chi connectivity index (χ0n) is 14.6. The van der Waals surface area contributed by atoms with Crippen LogP contribution in [0.3, 0.4) is 0 Å². The normalized spacial score (nSPS) is 17.2. The molecular weight excluding hydrogens is 435 g/mol. The Labute approximate surface area is 166 Å². The summed E-state index contributed by atoms with van der Waals surface area (Å²) in [6.45, 7) is 7.26. The largest absolute Gasteiger partial charge is 0.477 e. The molecule has 0 spiro atoms. The van der Waals surface area contributed by atoms with E-state index in [1.807, 2.05) is 12.1 Å². The molecule has 136 valence electrons. The van der Waals surface area contributed by atoms with Crippen LogP contribution in [0.15, 0.2) is 23.3 Å². The Morgan fingerprint density at radius 1 is 1.42 bits per heavy atom. The smallest absolute Gasteiger partial charge is 0.218 e. The molecule has 1 saturated heterocycles. The minimum Gasteiger partial charge on any atom is -0.477 e. The number of guanidine groups is 1. The van der Waals surface area contributed by atoms with Crippen molar-refractivity contribution in [3.05, 3.63) is 23.9 Å². The van der Waals surface area contributed by atoms with E-state index in [0.717, 1.165) is 31.0 Å². The second kappa shape index (κ2) is 12.6. The molecule has 0 amide bonds. The Kier molecular flexibility index (Phi) is 11.2. The summed E-state index contributed by atoms with van der Waals surface area (Å²) in [5, 5.41) is 7.47. The number of hydrogen-bond acceptors (Lipinski definition) is 4. The summed E-state index contributed by atoms with van der Waals surface area (Å²) in [4.78, 5) is 8.99. The Morgan fingerprint density at radius 3 is 3.00 bits per heavy atom. The average molecular weight is 464 g/mol. The second-order valence-corrected chi connectivity index (χ2v) is 6.94. The lowest BCUT2D eigenvalue weighted by Crippen LogP contribution is -2.40. The zero-order valence-corrected chi connectivity index (χ0v) is 17.7. The predicted octanol–water partition coefficient (Wildman–Crippen LogP) is 3.44. The topological polar surface area (TPSA) is 58.5 Å². The van der Waals surface area contributed by atoms with E-state index in [0.29, 0.717) is 24.3 Å². The van der Waals surface area contributed by atoms with Gasteiger partial charge in [-0.3, -0.25) is 0 Å². The van der Waals surface area contributed by atoms with Gasteiger partial charge in [-0.05, 0) is 38.0 Å². The molecule has 0 aromatic carbocycles. The van der Waals surface area contributed by atoms with E-state index in [2.05, 4.69) is 46.2 Å². The van der Waals surface area contributed by atoms with Crippen molar-refractivity contribution in [2.45, 2.75) is 44.9 Å². The maximum absolute atomic E-state index is 5.70. The van der Waals surface area contributed by atoms with Gasteiger partial charge >= 0.3 is 0 Å². The number of aromatic nitrogens is 1. The van der Waals surface area contributed by atoms with Crippen LogP contribution in [0.25, 0.3) is 0 Å². The molecule has 24 heavy (non-hydrogen) atoms. The number of hydrogen-bond donors (Lipinski definition) is 2. The summed E-state index contributed by atoms with van der Waals surface area (Å²) >= 11 is 2.05. The fourth-order valence-corrected chi connectivity index (χ4v) is 3.60. The summed E-state index contributed by atoms with van der Waals surface area (Å²) in [7, 11) is 0. The van der Waals surface area contributed by atoms with Gasteiger partial charge in [-0.1, -0.05) is 13.0 Å². The van der Waals surface area contributed by atoms with Crippen molar-refractivity contribution in [3.63, 3.8) is 0 Å². The maximum Gasteiger partial charge on any atom is 0.218 e. The summed E-state index contributed by atoms with van der Waals surface area (Å²) in [6.07, 6.45) is 5.37. The van der Waals surface area contributed by atoms with Crippen LogP contribution < -0.4 is 15.4 Å². The highest BCUT2D eigenvalue weighted by molar-refractivity contribution is 14.0. The van der Waals surface area contributed by atoms with Crippen molar-refractivity contribution in [2.75, 3.05) is 25.4 Å². The van der Waals surface area contributed by atoms with Gasteiger partial charge in [0.1, 0.15) is 0 Å². The predicted molar refractivity (Wildman–Crippen MR) is 114 cm³/mol. The molecule has 1 aliphatic rings. The standard InChI is InChI=1S/C17H28N4OS.HI/c1-3-10-22-16-14(7-5-9-19-16)12-20-17(18-4-2)21-13-15-8-6-11-23-15;/h5,7,9,15H,3-4,6,8,10-13H2,1-2H3,(H2,18,20,21);1H. The fraction of sp³-hybridized carbons (Fsp3) is 0.647. The van der Waals surface area contributed by atoms with E-state index in [4.69, 9.17) is 4.74 Å². The zero-order chi connectivity index (χ0) is 16.3. The van der Waals surface area contributed by atoms with E-state index < -0.39 is 0 Å². The minimum atomic E-state index is 0. The molecule has 1 fully saturated rings. The van der Waals surface area contributed by atoms with Crippen LogP contribution in [-0.4, -0.2) is 41.6 Å². The third-order valence-electron chi connectivity index (χ3n) is 3.57. The third kappa shape index (κ3) is 7.46. The lowest BCUT2D eigenvalue weighted by molar-refractivity contribution is 0.302. The summed E-state index contributed by atoms with van der Waals surface area (Å²) in [6, 6.07) is 3.96. The van der Waals surface area contributed by atoms with E-state index in [9.17, 15) is 0 Å². The highest BCUT2D eigenvalue weighted by Crippen LogP contribution is 2.25. The maximum atomic E-state index is 5.70. The van der Waals surface area contributed by atoms with Crippen molar-refractivity contribution in [3.8, 4) is 5.88 Å². The van der Waals surface area contributed by atoms with Crippen molar-refractivity contribution < 1.29 is 4.74 Å². The van der Waals surface area contributed by atoms with Crippen molar-refractivity contribution in [2.24, 2.45) is 4.99 Å². The first-order chi connectivity index (χ1) is 11.3. The Bertz CT molecular complexity index is 495. The highest BCUT2D eigenvalue weighted by atomic mass is 127. The molecular formula is C17H29IN4OS. The molecule has 1 aromatic rings. The van der Waals surface area contributed by atoms with Crippen molar-refractivity contribution in [1.29, 1.82) is 0 Å². The number of halogens is 1. The van der Waals surface area contributed by atoms with Gasteiger partial charge in [0.05, 0.1) is 13.2 Å². The molecule has 2 N–H and O–H groups in total. The average Bonchev–Trinajstić information content (AvgIpc) is 3.09. The molecule has 1 aromatic heterocycles. The molecule has 2 heterocycles. The molecule has 1 unspecified atom stereocenters. The molecule has 7 heteroatoms.